The second kappa shape index (κ2) is 4.33. The van der Waals surface area contributed by atoms with E-state index in [1.54, 1.807) is 24.1 Å². The molecule has 2 aromatic rings. The van der Waals surface area contributed by atoms with E-state index in [9.17, 15) is 4.39 Å². The van der Waals surface area contributed by atoms with Crippen molar-refractivity contribution in [3.8, 4) is 0 Å². The molecule has 0 aromatic carbocycles. The average molecular weight is 222 g/mol. The number of rotatable bonds is 3. The third-order valence-corrected chi connectivity index (χ3v) is 2.27. The standard InChI is InChI=1S/C9H11FN6/c1-16-8(5-13-15-16)9(14-11)6-2-7(10)4-12-3-6/h2-5,9,14H,11H2,1H3. The van der Waals surface area contributed by atoms with Crippen molar-refractivity contribution < 1.29 is 4.39 Å². The lowest BCUT2D eigenvalue weighted by Gasteiger charge is -2.15. The van der Waals surface area contributed by atoms with Gasteiger partial charge in [-0.15, -0.1) is 5.10 Å². The van der Waals surface area contributed by atoms with Crippen LogP contribution in [0.1, 0.15) is 17.3 Å². The first kappa shape index (κ1) is 10.7. The Morgan fingerprint density at radius 3 is 2.81 bits per heavy atom. The van der Waals surface area contributed by atoms with Crippen molar-refractivity contribution in [3.63, 3.8) is 0 Å². The number of aromatic nitrogens is 4. The molecule has 0 spiro atoms. The molecule has 0 aliphatic rings. The summed E-state index contributed by atoms with van der Waals surface area (Å²) in [5.41, 5.74) is 3.93. The van der Waals surface area contributed by atoms with Gasteiger partial charge in [-0.1, -0.05) is 5.21 Å². The number of hydrogen-bond donors (Lipinski definition) is 2. The molecule has 1 atom stereocenters. The van der Waals surface area contributed by atoms with E-state index in [1.165, 1.54) is 6.07 Å². The number of nitrogens with zero attached hydrogens (tertiary/aromatic N) is 4. The van der Waals surface area contributed by atoms with Crippen LogP contribution in [0.4, 0.5) is 4.39 Å². The monoisotopic (exact) mass is 222 g/mol. The summed E-state index contributed by atoms with van der Waals surface area (Å²) in [7, 11) is 1.74. The molecule has 0 bridgehead atoms. The molecule has 0 aliphatic carbocycles. The SMILES string of the molecule is Cn1nncc1C(NN)c1cncc(F)c1. The highest BCUT2D eigenvalue weighted by Gasteiger charge is 2.17. The van der Waals surface area contributed by atoms with Crippen molar-refractivity contribution in [3.05, 3.63) is 41.7 Å². The van der Waals surface area contributed by atoms with Gasteiger partial charge in [-0.3, -0.25) is 15.5 Å². The van der Waals surface area contributed by atoms with Gasteiger partial charge in [-0.25, -0.2) is 9.82 Å². The molecule has 84 valence electrons. The van der Waals surface area contributed by atoms with Gasteiger partial charge in [0.2, 0.25) is 0 Å². The molecule has 1 unspecified atom stereocenters. The third kappa shape index (κ3) is 1.90. The highest BCUT2D eigenvalue weighted by molar-refractivity contribution is 5.23. The third-order valence-electron chi connectivity index (χ3n) is 2.27. The summed E-state index contributed by atoms with van der Waals surface area (Å²) in [6.07, 6.45) is 4.24. The lowest BCUT2D eigenvalue weighted by atomic mass is 10.1. The lowest BCUT2D eigenvalue weighted by Crippen LogP contribution is -2.30. The molecule has 2 aromatic heterocycles. The van der Waals surface area contributed by atoms with Gasteiger partial charge in [0, 0.05) is 13.2 Å². The minimum absolute atomic E-state index is 0.386. The van der Waals surface area contributed by atoms with Crippen molar-refractivity contribution in [1.29, 1.82) is 0 Å². The smallest absolute Gasteiger partial charge is 0.141 e. The number of nitrogens with two attached hydrogens (primary N) is 1. The zero-order valence-electron chi connectivity index (χ0n) is 8.63. The summed E-state index contributed by atoms with van der Waals surface area (Å²) in [6.45, 7) is 0. The second-order valence-corrected chi connectivity index (χ2v) is 3.32. The Kier molecular flexibility index (Phi) is 2.88. The van der Waals surface area contributed by atoms with E-state index in [1.807, 2.05) is 0 Å². The number of hydrogen-bond acceptors (Lipinski definition) is 5. The molecule has 2 rings (SSSR count). The Morgan fingerprint density at radius 1 is 1.44 bits per heavy atom. The molecule has 7 heteroatoms. The maximum Gasteiger partial charge on any atom is 0.141 e. The first-order valence-electron chi connectivity index (χ1n) is 4.63. The fourth-order valence-corrected chi connectivity index (χ4v) is 1.50. The summed E-state index contributed by atoms with van der Waals surface area (Å²) in [5.74, 6) is 5.04. The fraction of sp³-hybridized carbons (Fsp3) is 0.222. The number of halogens is 1. The van der Waals surface area contributed by atoms with Crippen molar-refractivity contribution in [2.24, 2.45) is 12.9 Å². The van der Waals surface area contributed by atoms with Gasteiger partial charge in [-0.05, 0) is 11.6 Å². The van der Waals surface area contributed by atoms with Gasteiger partial charge in [-0.2, -0.15) is 0 Å². The molecule has 0 saturated carbocycles. The molecule has 0 aliphatic heterocycles. The van der Waals surface area contributed by atoms with Gasteiger partial charge in [0.25, 0.3) is 0 Å². The van der Waals surface area contributed by atoms with Crippen LogP contribution in [-0.2, 0) is 7.05 Å². The average Bonchev–Trinajstić information content (AvgIpc) is 2.67. The van der Waals surface area contributed by atoms with Crippen LogP contribution in [0.2, 0.25) is 0 Å². The van der Waals surface area contributed by atoms with Gasteiger partial charge < -0.3 is 0 Å². The van der Waals surface area contributed by atoms with Crippen LogP contribution in [0.5, 0.6) is 0 Å². The second-order valence-electron chi connectivity index (χ2n) is 3.32. The van der Waals surface area contributed by atoms with Gasteiger partial charge >= 0.3 is 0 Å². The van der Waals surface area contributed by atoms with Gasteiger partial charge in [0.05, 0.1) is 24.1 Å². The molecule has 3 N–H and O–H groups in total. The van der Waals surface area contributed by atoms with Crippen LogP contribution in [0.3, 0.4) is 0 Å². The van der Waals surface area contributed by atoms with Crippen LogP contribution in [0, 0.1) is 5.82 Å². The van der Waals surface area contributed by atoms with E-state index >= 15 is 0 Å². The molecular formula is C9H11FN6. The first-order chi connectivity index (χ1) is 7.72. The quantitative estimate of drug-likeness (QED) is 0.560. The predicted octanol–water partition coefficient (Wildman–Crippen LogP) is -0.0981. The normalized spacial score (nSPS) is 12.7. The summed E-state index contributed by atoms with van der Waals surface area (Å²) >= 11 is 0. The number of pyridine rings is 1. The molecule has 0 fully saturated rings. The molecule has 0 radical (unpaired) electrons. The topological polar surface area (TPSA) is 81.7 Å². The lowest BCUT2D eigenvalue weighted by molar-refractivity contribution is 0.559. The summed E-state index contributed by atoms with van der Waals surface area (Å²) in [6, 6.07) is 0.980. The van der Waals surface area contributed by atoms with Crippen molar-refractivity contribution in [2.45, 2.75) is 6.04 Å². The minimum Gasteiger partial charge on any atom is -0.271 e. The van der Waals surface area contributed by atoms with Crippen LogP contribution in [0.25, 0.3) is 0 Å². The molecule has 2 heterocycles. The van der Waals surface area contributed by atoms with Crippen LogP contribution in [-0.4, -0.2) is 20.0 Å². The van der Waals surface area contributed by atoms with E-state index in [2.05, 4.69) is 20.7 Å². The molecule has 16 heavy (non-hydrogen) atoms. The summed E-state index contributed by atoms with van der Waals surface area (Å²) in [5, 5.41) is 7.53. The van der Waals surface area contributed by atoms with Crippen molar-refractivity contribution in [1.82, 2.24) is 25.4 Å². The highest BCUT2D eigenvalue weighted by atomic mass is 19.1. The number of aryl methyl sites for hydroxylation is 1. The Morgan fingerprint density at radius 2 is 2.25 bits per heavy atom. The van der Waals surface area contributed by atoms with E-state index in [0.717, 1.165) is 11.9 Å². The fourth-order valence-electron chi connectivity index (χ4n) is 1.50. The maximum absolute atomic E-state index is 13.0. The highest BCUT2D eigenvalue weighted by Crippen LogP contribution is 2.19. The minimum atomic E-state index is -0.409. The molecule has 6 nitrogen and oxygen atoms in total. The van der Waals surface area contributed by atoms with E-state index in [-0.39, 0.29) is 6.04 Å². The van der Waals surface area contributed by atoms with Crippen LogP contribution >= 0.6 is 0 Å². The van der Waals surface area contributed by atoms with Gasteiger partial charge in [0.15, 0.2) is 0 Å². The first-order valence-corrected chi connectivity index (χ1v) is 4.63. The van der Waals surface area contributed by atoms with Crippen LogP contribution < -0.4 is 11.3 Å². The van der Waals surface area contributed by atoms with Gasteiger partial charge in [0.1, 0.15) is 5.82 Å². The van der Waals surface area contributed by atoms with E-state index in [0.29, 0.717) is 5.56 Å². The zero-order valence-corrected chi connectivity index (χ0v) is 8.63. The molecule has 0 saturated heterocycles. The summed E-state index contributed by atoms with van der Waals surface area (Å²) < 4.78 is 14.6. The predicted molar refractivity (Wildman–Crippen MR) is 54.4 cm³/mol. The van der Waals surface area contributed by atoms with E-state index in [4.69, 9.17) is 5.84 Å². The Balaban J connectivity index is 2.40. The number of hydrazine groups is 1. The Labute approximate surface area is 91.3 Å². The Bertz CT molecular complexity index is 482. The zero-order chi connectivity index (χ0) is 11.5. The molecular weight excluding hydrogens is 211 g/mol. The largest absolute Gasteiger partial charge is 0.271 e. The van der Waals surface area contributed by atoms with E-state index < -0.39 is 5.82 Å². The molecule has 0 amide bonds. The Hall–Kier alpha value is -1.86. The maximum atomic E-state index is 13.0. The van der Waals surface area contributed by atoms with Crippen molar-refractivity contribution >= 4 is 0 Å². The number of nitrogens with one attached hydrogen (secondary N) is 1. The summed E-state index contributed by atoms with van der Waals surface area (Å²) in [4.78, 5) is 3.77. The van der Waals surface area contributed by atoms with Crippen molar-refractivity contribution in [2.75, 3.05) is 0 Å². The van der Waals surface area contributed by atoms with Crippen LogP contribution in [0.15, 0.2) is 24.7 Å².